The molecule has 0 saturated carbocycles. The number of fused-ring (bicyclic) bond motifs is 1. The number of ether oxygens (including phenoxy) is 1. The normalized spacial score (nSPS) is 20.1. The van der Waals surface area contributed by atoms with E-state index in [1.54, 1.807) is 13.0 Å². The van der Waals surface area contributed by atoms with Crippen LogP contribution in [0.5, 0.6) is 0 Å². The van der Waals surface area contributed by atoms with Crippen molar-refractivity contribution in [3.8, 4) is 0 Å². The number of carbonyl (C=O) groups is 1. The molecule has 1 atom stereocenters. The van der Waals surface area contributed by atoms with Crippen LogP contribution in [-0.2, 0) is 21.6 Å². The summed E-state index contributed by atoms with van der Waals surface area (Å²) in [5.41, 5.74) is 1.72. The van der Waals surface area contributed by atoms with Crippen molar-refractivity contribution in [3.63, 3.8) is 0 Å². The monoisotopic (exact) mass is 302 g/mol. The maximum atomic E-state index is 14.0. The van der Waals surface area contributed by atoms with Crippen LogP contribution < -0.4 is 0 Å². The Bertz CT molecular complexity index is 706. The Morgan fingerprint density at radius 3 is 2.90 bits per heavy atom. The van der Waals surface area contributed by atoms with Gasteiger partial charge in [-0.05, 0) is 41.8 Å². The van der Waals surface area contributed by atoms with Crippen LogP contribution in [0.2, 0.25) is 0 Å². The van der Waals surface area contributed by atoms with Crippen molar-refractivity contribution in [2.75, 3.05) is 0 Å². The van der Waals surface area contributed by atoms with E-state index in [-0.39, 0.29) is 5.82 Å². The van der Waals surface area contributed by atoms with E-state index in [0.29, 0.717) is 24.0 Å². The van der Waals surface area contributed by atoms with Crippen molar-refractivity contribution < 1.29 is 13.9 Å². The number of thiophene rings is 1. The summed E-state index contributed by atoms with van der Waals surface area (Å²) in [4.78, 5) is 12.1. The predicted octanol–water partition coefficient (Wildman–Crippen LogP) is 4.20. The van der Waals surface area contributed by atoms with E-state index in [2.05, 4.69) is 6.58 Å². The molecule has 1 unspecified atom stereocenters. The van der Waals surface area contributed by atoms with Gasteiger partial charge in [-0.2, -0.15) is 11.3 Å². The minimum absolute atomic E-state index is 0.240. The zero-order valence-electron chi connectivity index (χ0n) is 11.7. The molecule has 1 aliphatic carbocycles. The largest absolute Gasteiger partial charge is 0.446 e. The third kappa shape index (κ3) is 2.20. The lowest BCUT2D eigenvalue weighted by Gasteiger charge is -2.30. The second kappa shape index (κ2) is 5.11. The van der Waals surface area contributed by atoms with Crippen molar-refractivity contribution in [2.45, 2.75) is 25.4 Å². The highest BCUT2D eigenvalue weighted by molar-refractivity contribution is 7.08. The zero-order chi connectivity index (χ0) is 15.0. The Morgan fingerprint density at radius 1 is 1.43 bits per heavy atom. The Kier molecular flexibility index (Phi) is 3.41. The fourth-order valence-corrected chi connectivity index (χ4v) is 3.55. The average Bonchev–Trinajstić information content (AvgIpc) is 3.08. The lowest BCUT2D eigenvalue weighted by Crippen LogP contribution is -2.31. The van der Waals surface area contributed by atoms with E-state index in [1.807, 2.05) is 22.9 Å². The molecule has 2 nitrogen and oxygen atoms in total. The standard InChI is InChI=1S/C17H15FO2S/c1-11(2)16(19)20-17(12-7-9-21-10-12)8-6-13-14(17)4-3-5-15(13)18/h3-5,7,9-10H,1,6,8H2,2H3. The Labute approximate surface area is 126 Å². The first-order valence-corrected chi connectivity index (χ1v) is 7.68. The summed E-state index contributed by atoms with van der Waals surface area (Å²) in [6.07, 6.45) is 1.11. The van der Waals surface area contributed by atoms with Gasteiger partial charge in [0.2, 0.25) is 0 Å². The number of rotatable bonds is 3. The molecule has 4 heteroatoms. The lowest BCUT2D eigenvalue weighted by molar-refractivity contribution is -0.151. The van der Waals surface area contributed by atoms with Gasteiger partial charge in [0, 0.05) is 23.1 Å². The predicted molar refractivity (Wildman–Crippen MR) is 80.7 cm³/mol. The summed E-state index contributed by atoms with van der Waals surface area (Å²) in [6, 6.07) is 6.88. The molecule has 1 heterocycles. The summed E-state index contributed by atoms with van der Waals surface area (Å²) in [5.74, 6) is -0.686. The summed E-state index contributed by atoms with van der Waals surface area (Å²) in [7, 11) is 0. The first-order chi connectivity index (χ1) is 10.0. The second-order valence-electron chi connectivity index (χ2n) is 5.27. The van der Waals surface area contributed by atoms with Crippen molar-refractivity contribution in [3.05, 3.63) is 69.7 Å². The quantitative estimate of drug-likeness (QED) is 0.627. The van der Waals surface area contributed by atoms with E-state index in [4.69, 9.17) is 4.74 Å². The van der Waals surface area contributed by atoms with Gasteiger partial charge < -0.3 is 4.74 Å². The smallest absolute Gasteiger partial charge is 0.334 e. The van der Waals surface area contributed by atoms with E-state index >= 15 is 0 Å². The molecule has 0 bridgehead atoms. The van der Waals surface area contributed by atoms with Gasteiger partial charge >= 0.3 is 5.97 Å². The van der Waals surface area contributed by atoms with Crippen LogP contribution in [-0.4, -0.2) is 5.97 Å². The first kappa shape index (κ1) is 14.0. The summed E-state index contributed by atoms with van der Waals surface area (Å²) in [6.45, 7) is 5.25. The van der Waals surface area contributed by atoms with Crippen molar-refractivity contribution in [1.29, 1.82) is 0 Å². The maximum absolute atomic E-state index is 14.0. The van der Waals surface area contributed by atoms with Crippen molar-refractivity contribution in [2.24, 2.45) is 0 Å². The van der Waals surface area contributed by atoms with Crippen LogP contribution in [0.3, 0.4) is 0 Å². The Morgan fingerprint density at radius 2 is 2.24 bits per heavy atom. The molecule has 1 aliphatic rings. The molecule has 0 saturated heterocycles. The number of esters is 1. The molecule has 1 aromatic heterocycles. The summed E-state index contributed by atoms with van der Waals surface area (Å²) in [5, 5.41) is 3.88. The highest BCUT2D eigenvalue weighted by Crippen LogP contribution is 2.46. The molecule has 0 radical (unpaired) electrons. The topological polar surface area (TPSA) is 26.3 Å². The van der Waals surface area contributed by atoms with Gasteiger partial charge in [-0.15, -0.1) is 0 Å². The van der Waals surface area contributed by atoms with E-state index in [0.717, 1.165) is 11.1 Å². The van der Waals surface area contributed by atoms with Crippen molar-refractivity contribution >= 4 is 17.3 Å². The molecule has 108 valence electrons. The number of hydrogen-bond acceptors (Lipinski definition) is 3. The molecule has 2 aromatic rings. The van der Waals surface area contributed by atoms with Gasteiger partial charge in [0.1, 0.15) is 5.82 Å². The maximum Gasteiger partial charge on any atom is 0.334 e. The number of halogens is 1. The van der Waals surface area contributed by atoms with Gasteiger partial charge in [0.15, 0.2) is 5.60 Å². The molecule has 0 amide bonds. The van der Waals surface area contributed by atoms with E-state index in [1.165, 1.54) is 17.4 Å². The highest BCUT2D eigenvalue weighted by atomic mass is 32.1. The molecule has 0 spiro atoms. The lowest BCUT2D eigenvalue weighted by atomic mass is 9.89. The average molecular weight is 302 g/mol. The molecule has 21 heavy (non-hydrogen) atoms. The fourth-order valence-electron chi connectivity index (χ4n) is 2.83. The van der Waals surface area contributed by atoms with E-state index < -0.39 is 11.6 Å². The Balaban J connectivity index is 2.15. The number of hydrogen-bond donors (Lipinski definition) is 0. The molecule has 0 N–H and O–H groups in total. The minimum atomic E-state index is -0.895. The van der Waals surface area contributed by atoms with E-state index in [9.17, 15) is 9.18 Å². The van der Waals surface area contributed by atoms with Gasteiger partial charge in [-0.25, -0.2) is 9.18 Å². The first-order valence-electron chi connectivity index (χ1n) is 6.74. The van der Waals surface area contributed by atoms with Crippen LogP contribution in [0, 0.1) is 5.82 Å². The third-order valence-corrected chi connectivity index (χ3v) is 4.57. The summed E-state index contributed by atoms with van der Waals surface area (Å²) >= 11 is 1.53. The third-order valence-electron chi connectivity index (χ3n) is 3.88. The van der Waals surface area contributed by atoms with Gasteiger partial charge in [0.25, 0.3) is 0 Å². The minimum Gasteiger partial charge on any atom is -0.446 e. The Hall–Kier alpha value is -1.94. The summed E-state index contributed by atoms with van der Waals surface area (Å²) < 4.78 is 19.8. The highest BCUT2D eigenvalue weighted by Gasteiger charge is 2.45. The molecule has 1 aromatic carbocycles. The fraction of sp³-hybridized carbons (Fsp3) is 0.235. The van der Waals surface area contributed by atoms with Crippen LogP contribution >= 0.6 is 11.3 Å². The molecule has 0 aliphatic heterocycles. The second-order valence-corrected chi connectivity index (χ2v) is 6.05. The van der Waals surface area contributed by atoms with Crippen molar-refractivity contribution in [1.82, 2.24) is 0 Å². The zero-order valence-corrected chi connectivity index (χ0v) is 12.5. The van der Waals surface area contributed by atoms with Gasteiger partial charge in [0.05, 0.1) is 0 Å². The molecular weight excluding hydrogens is 287 g/mol. The van der Waals surface area contributed by atoms with Crippen LogP contribution in [0.4, 0.5) is 4.39 Å². The van der Waals surface area contributed by atoms with Gasteiger partial charge in [-0.3, -0.25) is 0 Å². The van der Waals surface area contributed by atoms with Crippen LogP contribution in [0.15, 0.2) is 47.2 Å². The molecular formula is C17H15FO2S. The molecule has 3 rings (SSSR count). The number of carbonyl (C=O) groups excluding carboxylic acids is 1. The SMILES string of the molecule is C=C(C)C(=O)OC1(c2ccsc2)CCc2c(F)cccc21. The molecule has 0 fully saturated rings. The van der Waals surface area contributed by atoms with Crippen LogP contribution in [0.1, 0.15) is 30.0 Å². The van der Waals surface area contributed by atoms with Gasteiger partial charge in [-0.1, -0.05) is 18.7 Å². The van der Waals surface area contributed by atoms with Crippen LogP contribution in [0.25, 0.3) is 0 Å². The number of benzene rings is 1.